The van der Waals surface area contributed by atoms with E-state index in [4.69, 9.17) is 4.74 Å². The van der Waals surface area contributed by atoms with Gasteiger partial charge in [0, 0.05) is 5.56 Å². The molecule has 0 unspecified atom stereocenters. The molecule has 0 aliphatic carbocycles. The molecule has 0 atom stereocenters. The Morgan fingerprint density at radius 2 is 1.95 bits per heavy atom. The van der Waals surface area contributed by atoms with E-state index in [0.717, 1.165) is 29.7 Å². The predicted octanol–water partition coefficient (Wildman–Crippen LogP) is 5.10. The number of halogens is 1. The summed E-state index contributed by atoms with van der Waals surface area (Å²) in [5.74, 6) is 0.723. The highest BCUT2D eigenvalue weighted by Crippen LogP contribution is 2.19. The van der Waals surface area contributed by atoms with E-state index in [0.29, 0.717) is 12.2 Å². The summed E-state index contributed by atoms with van der Waals surface area (Å²) in [6.45, 7) is 8.31. The second-order valence-electron chi connectivity index (χ2n) is 5.28. The Labute approximate surface area is 126 Å². The van der Waals surface area contributed by atoms with E-state index in [1.807, 2.05) is 19.1 Å². The number of ether oxygens (including phenoxy) is 1. The summed E-state index contributed by atoms with van der Waals surface area (Å²) in [5.41, 5.74) is 3.87. The zero-order valence-electron chi connectivity index (χ0n) is 12.7. The highest BCUT2D eigenvalue weighted by molar-refractivity contribution is 5.48. The fraction of sp³-hybridized carbons (Fsp3) is 0.263. The van der Waals surface area contributed by atoms with Gasteiger partial charge in [-0.25, -0.2) is 4.39 Å². The third-order valence-corrected chi connectivity index (χ3v) is 3.50. The van der Waals surface area contributed by atoms with Gasteiger partial charge < -0.3 is 4.74 Å². The Morgan fingerprint density at radius 3 is 2.67 bits per heavy atom. The maximum atomic E-state index is 13.6. The topological polar surface area (TPSA) is 9.23 Å². The standard InChI is InChI=1S/C19H21FO/c1-4-17-10-9-16(13-18(17)20)6-5-11-21-19-12-14(2)7-8-15(19)3/h4,7-10,12-13H,1,5-6,11H2,2-3H3. The van der Waals surface area contributed by atoms with Crippen LogP contribution in [0.3, 0.4) is 0 Å². The molecule has 0 bridgehead atoms. The molecule has 2 heteroatoms. The minimum Gasteiger partial charge on any atom is -0.493 e. The van der Waals surface area contributed by atoms with Crippen LogP contribution in [0.15, 0.2) is 43.0 Å². The van der Waals surface area contributed by atoms with Crippen LogP contribution in [0.1, 0.15) is 28.7 Å². The van der Waals surface area contributed by atoms with Crippen LogP contribution in [-0.2, 0) is 6.42 Å². The smallest absolute Gasteiger partial charge is 0.130 e. The minimum absolute atomic E-state index is 0.210. The van der Waals surface area contributed by atoms with Crippen molar-refractivity contribution >= 4 is 6.08 Å². The van der Waals surface area contributed by atoms with Crippen molar-refractivity contribution in [3.05, 3.63) is 71.0 Å². The molecule has 110 valence electrons. The van der Waals surface area contributed by atoms with E-state index in [1.165, 1.54) is 11.6 Å². The van der Waals surface area contributed by atoms with Crippen LogP contribution in [0.4, 0.5) is 4.39 Å². The van der Waals surface area contributed by atoms with E-state index in [9.17, 15) is 4.39 Å². The summed E-state index contributed by atoms with van der Waals surface area (Å²) in [6.07, 6.45) is 3.20. The van der Waals surface area contributed by atoms with Gasteiger partial charge in [-0.15, -0.1) is 0 Å². The Balaban J connectivity index is 1.86. The van der Waals surface area contributed by atoms with E-state index in [1.54, 1.807) is 12.1 Å². The van der Waals surface area contributed by atoms with Crippen molar-refractivity contribution < 1.29 is 9.13 Å². The van der Waals surface area contributed by atoms with Crippen molar-refractivity contribution in [2.45, 2.75) is 26.7 Å². The Morgan fingerprint density at radius 1 is 1.14 bits per heavy atom. The van der Waals surface area contributed by atoms with Gasteiger partial charge in [-0.3, -0.25) is 0 Å². The quantitative estimate of drug-likeness (QED) is 0.671. The lowest BCUT2D eigenvalue weighted by Gasteiger charge is -2.10. The third kappa shape index (κ3) is 4.19. The first kappa shape index (κ1) is 15.3. The third-order valence-electron chi connectivity index (χ3n) is 3.50. The van der Waals surface area contributed by atoms with Crippen LogP contribution in [0.25, 0.3) is 6.08 Å². The molecule has 0 saturated carbocycles. The van der Waals surface area contributed by atoms with E-state index in [2.05, 4.69) is 25.6 Å². The predicted molar refractivity (Wildman–Crippen MR) is 86.2 cm³/mol. The first-order chi connectivity index (χ1) is 10.1. The number of aryl methyl sites for hydroxylation is 3. The first-order valence-corrected chi connectivity index (χ1v) is 7.21. The minimum atomic E-state index is -0.210. The second kappa shape index (κ2) is 7.07. The van der Waals surface area contributed by atoms with Crippen molar-refractivity contribution in [3.63, 3.8) is 0 Å². The monoisotopic (exact) mass is 284 g/mol. The number of benzene rings is 2. The molecule has 0 saturated heterocycles. The van der Waals surface area contributed by atoms with Crippen LogP contribution < -0.4 is 4.74 Å². The Hall–Kier alpha value is -2.09. The van der Waals surface area contributed by atoms with Gasteiger partial charge in [-0.2, -0.15) is 0 Å². The normalized spacial score (nSPS) is 10.4. The van der Waals surface area contributed by atoms with Crippen molar-refractivity contribution in [2.75, 3.05) is 6.61 Å². The average molecular weight is 284 g/mol. The fourth-order valence-corrected chi connectivity index (χ4v) is 2.21. The molecular weight excluding hydrogens is 263 g/mol. The Kier molecular flexibility index (Phi) is 5.15. The summed E-state index contributed by atoms with van der Waals surface area (Å²) in [6, 6.07) is 11.5. The molecule has 0 amide bonds. The summed E-state index contributed by atoms with van der Waals surface area (Å²) in [7, 11) is 0. The average Bonchev–Trinajstić information content (AvgIpc) is 2.47. The van der Waals surface area contributed by atoms with Crippen LogP contribution in [0.5, 0.6) is 5.75 Å². The lowest BCUT2D eigenvalue weighted by molar-refractivity contribution is 0.309. The van der Waals surface area contributed by atoms with Crippen LogP contribution in [0.2, 0.25) is 0 Å². The summed E-state index contributed by atoms with van der Waals surface area (Å²) >= 11 is 0. The molecule has 0 aromatic heterocycles. The van der Waals surface area contributed by atoms with E-state index < -0.39 is 0 Å². The molecule has 1 nitrogen and oxygen atoms in total. The molecule has 2 aromatic rings. The van der Waals surface area contributed by atoms with Crippen molar-refractivity contribution in [2.24, 2.45) is 0 Å². The number of hydrogen-bond acceptors (Lipinski definition) is 1. The highest BCUT2D eigenvalue weighted by Gasteiger charge is 2.02. The molecular formula is C19H21FO. The van der Waals surface area contributed by atoms with E-state index >= 15 is 0 Å². The van der Waals surface area contributed by atoms with E-state index in [-0.39, 0.29) is 5.82 Å². The summed E-state index contributed by atoms with van der Waals surface area (Å²) in [5, 5.41) is 0. The molecule has 2 aromatic carbocycles. The largest absolute Gasteiger partial charge is 0.493 e. The molecule has 0 radical (unpaired) electrons. The maximum Gasteiger partial charge on any atom is 0.130 e. The van der Waals surface area contributed by atoms with Gasteiger partial charge in [0.2, 0.25) is 0 Å². The zero-order chi connectivity index (χ0) is 15.2. The molecule has 0 N–H and O–H groups in total. The van der Waals surface area contributed by atoms with Crippen molar-refractivity contribution in [3.8, 4) is 5.75 Å². The molecule has 0 fully saturated rings. The van der Waals surface area contributed by atoms with Gasteiger partial charge in [0.25, 0.3) is 0 Å². The van der Waals surface area contributed by atoms with Crippen molar-refractivity contribution in [1.82, 2.24) is 0 Å². The molecule has 0 heterocycles. The zero-order valence-corrected chi connectivity index (χ0v) is 12.7. The van der Waals surface area contributed by atoms with Gasteiger partial charge in [-0.05, 0) is 55.5 Å². The number of hydrogen-bond donors (Lipinski definition) is 0. The van der Waals surface area contributed by atoms with Crippen LogP contribution in [-0.4, -0.2) is 6.61 Å². The van der Waals surface area contributed by atoms with Crippen LogP contribution in [0, 0.1) is 19.7 Å². The summed E-state index contributed by atoms with van der Waals surface area (Å²) in [4.78, 5) is 0. The van der Waals surface area contributed by atoms with Gasteiger partial charge >= 0.3 is 0 Å². The lowest BCUT2D eigenvalue weighted by atomic mass is 10.1. The molecule has 0 aliphatic heterocycles. The molecule has 0 aliphatic rings. The summed E-state index contributed by atoms with van der Waals surface area (Å²) < 4.78 is 19.4. The second-order valence-corrected chi connectivity index (χ2v) is 5.28. The lowest BCUT2D eigenvalue weighted by Crippen LogP contribution is -2.01. The highest BCUT2D eigenvalue weighted by atomic mass is 19.1. The molecule has 0 spiro atoms. The van der Waals surface area contributed by atoms with Gasteiger partial charge in [-0.1, -0.05) is 36.9 Å². The van der Waals surface area contributed by atoms with Gasteiger partial charge in [0.05, 0.1) is 6.61 Å². The Bertz CT molecular complexity index is 631. The van der Waals surface area contributed by atoms with Gasteiger partial charge in [0.1, 0.15) is 11.6 Å². The first-order valence-electron chi connectivity index (χ1n) is 7.21. The molecule has 2 rings (SSSR count). The molecule has 21 heavy (non-hydrogen) atoms. The SMILES string of the molecule is C=Cc1ccc(CCCOc2cc(C)ccc2C)cc1F. The maximum absolute atomic E-state index is 13.6. The van der Waals surface area contributed by atoms with Crippen LogP contribution >= 0.6 is 0 Å². The number of rotatable bonds is 6. The van der Waals surface area contributed by atoms with Gasteiger partial charge in [0.15, 0.2) is 0 Å². The van der Waals surface area contributed by atoms with Crippen molar-refractivity contribution in [1.29, 1.82) is 0 Å². The fourth-order valence-electron chi connectivity index (χ4n) is 2.21.